The molecule has 1 aliphatic rings. The first-order chi connectivity index (χ1) is 14.2. The summed E-state index contributed by atoms with van der Waals surface area (Å²) in [5, 5.41) is 4.09. The Hall–Kier alpha value is -3.32. The molecule has 4 rings (SSSR count). The van der Waals surface area contributed by atoms with E-state index in [4.69, 9.17) is 4.52 Å². The van der Waals surface area contributed by atoms with E-state index in [0.29, 0.717) is 31.3 Å². The van der Waals surface area contributed by atoms with Gasteiger partial charge in [0.25, 0.3) is 0 Å². The summed E-state index contributed by atoms with van der Waals surface area (Å²) < 4.78 is 5.41. The summed E-state index contributed by atoms with van der Waals surface area (Å²) in [5.74, 6) is 1.23. The number of nitrogens with zero attached hydrogens (tertiary/aromatic N) is 5. The number of hydrogen-bond donors (Lipinski definition) is 0. The van der Waals surface area contributed by atoms with Gasteiger partial charge in [0.15, 0.2) is 0 Å². The number of pyridine rings is 1. The van der Waals surface area contributed by atoms with Crippen LogP contribution in [0.3, 0.4) is 0 Å². The molecule has 0 saturated carbocycles. The van der Waals surface area contributed by atoms with Gasteiger partial charge in [-0.3, -0.25) is 14.7 Å². The molecule has 0 atom stereocenters. The second kappa shape index (κ2) is 8.79. The average Bonchev–Trinajstić information content (AvgIpc) is 3.22. The van der Waals surface area contributed by atoms with Crippen molar-refractivity contribution in [3.8, 4) is 11.4 Å². The second-order valence-electron chi connectivity index (χ2n) is 7.09. The highest BCUT2D eigenvalue weighted by Crippen LogP contribution is 2.17. The van der Waals surface area contributed by atoms with Gasteiger partial charge in [-0.05, 0) is 30.7 Å². The maximum absolute atomic E-state index is 12.4. The molecule has 3 heterocycles. The molecule has 7 nitrogen and oxygen atoms in total. The van der Waals surface area contributed by atoms with E-state index in [9.17, 15) is 4.79 Å². The molecule has 148 valence electrons. The van der Waals surface area contributed by atoms with Crippen LogP contribution in [0.5, 0.6) is 0 Å². The number of rotatable bonds is 5. The number of carbonyl (C=O) groups is 1. The Labute approximate surface area is 169 Å². The van der Waals surface area contributed by atoms with Gasteiger partial charge in [0.2, 0.25) is 17.6 Å². The van der Waals surface area contributed by atoms with E-state index < -0.39 is 0 Å². The van der Waals surface area contributed by atoms with Crippen LogP contribution >= 0.6 is 0 Å². The molecule has 1 fully saturated rings. The zero-order valence-electron chi connectivity index (χ0n) is 16.4. The van der Waals surface area contributed by atoms with E-state index in [1.165, 1.54) is 5.56 Å². The van der Waals surface area contributed by atoms with E-state index in [2.05, 4.69) is 20.0 Å². The Morgan fingerprint density at radius 1 is 1.07 bits per heavy atom. The standard InChI is InChI=1S/C22H23N5O2/c1-17-2-5-19(6-3-17)22-24-20(29-25-22)16-26-12-14-27(15-13-26)21(28)7-4-18-8-10-23-11-9-18/h2-11H,12-16H2,1H3/b7-4+. The molecule has 0 aliphatic carbocycles. The zero-order valence-corrected chi connectivity index (χ0v) is 16.4. The van der Waals surface area contributed by atoms with Crippen molar-refractivity contribution in [2.75, 3.05) is 26.2 Å². The minimum absolute atomic E-state index is 0.0286. The molecule has 0 N–H and O–H groups in total. The molecule has 2 aromatic heterocycles. The van der Waals surface area contributed by atoms with Gasteiger partial charge < -0.3 is 9.42 Å². The van der Waals surface area contributed by atoms with E-state index in [-0.39, 0.29) is 5.91 Å². The van der Waals surface area contributed by atoms with Gasteiger partial charge >= 0.3 is 0 Å². The molecular weight excluding hydrogens is 366 g/mol. The summed E-state index contributed by atoms with van der Waals surface area (Å²) in [5.41, 5.74) is 3.11. The maximum atomic E-state index is 12.4. The third-order valence-electron chi connectivity index (χ3n) is 4.95. The summed E-state index contributed by atoms with van der Waals surface area (Å²) in [4.78, 5) is 25.0. The number of amides is 1. The topological polar surface area (TPSA) is 75.4 Å². The predicted octanol–water partition coefficient (Wildman–Crippen LogP) is 2.80. The predicted molar refractivity (Wildman–Crippen MR) is 110 cm³/mol. The molecule has 7 heteroatoms. The van der Waals surface area contributed by atoms with E-state index >= 15 is 0 Å². The van der Waals surface area contributed by atoms with Gasteiger partial charge in [0.1, 0.15) is 0 Å². The van der Waals surface area contributed by atoms with E-state index in [1.54, 1.807) is 18.5 Å². The highest BCUT2D eigenvalue weighted by atomic mass is 16.5. The zero-order chi connectivity index (χ0) is 20.1. The number of carbonyl (C=O) groups excluding carboxylic acids is 1. The third kappa shape index (κ3) is 4.94. The van der Waals surface area contributed by atoms with Crippen molar-refractivity contribution >= 4 is 12.0 Å². The fraction of sp³-hybridized carbons (Fsp3) is 0.273. The Morgan fingerprint density at radius 3 is 2.52 bits per heavy atom. The van der Waals surface area contributed by atoms with Gasteiger partial charge in [-0.1, -0.05) is 35.0 Å². The Balaban J connectivity index is 1.28. The summed E-state index contributed by atoms with van der Waals surface area (Å²) in [7, 11) is 0. The van der Waals surface area contributed by atoms with Crippen LogP contribution in [0, 0.1) is 6.92 Å². The number of aromatic nitrogens is 3. The lowest BCUT2D eigenvalue weighted by molar-refractivity contribution is -0.127. The van der Waals surface area contributed by atoms with Crippen molar-refractivity contribution in [1.82, 2.24) is 24.9 Å². The fourth-order valence-corrected chi connectivity index (χ4v) is 3.20. The van der Waals surface area contributed by atoms with E-state index in [0.717, 1.165) is 24.2 Å². The van der Waals surface area contributed by atoms with Crippen LogP contribution in [0.1, 0.15) is 17.0 Å². The first-order valence-corrected chi connectivity index (χ1v) is 9.66. The molecule has 1 aliphatic heterocycles. The Kier molecular flexibility index (Phi) is 5.76. The largest absolute Gasteiger partial charge is 0.338 e. The summed E-state index contributed by atoms with van der Waals surface area (Å²) in [6.07, 6.45) is 6.87. The molecule has 1 saturated heterocycles. The summed E-state index contributed by atoms with van der Waals surface area (Å²) >= 11 is 0. The van der Waals surface area contributed by atoms with Crippen LogP contribution in [-0.2, 0) is 11.3 Å². The first-order valence-electron chi connectivity index (χ1n) is 9.66. The Morgan fingerprint density at radius 2 is 1.79 bits per heavy atom. The normalized spacial score (nSPS) is 15.1. The van der Waals surface area contributed by atoms with Crippen LogP contribution in [0.25, 0.3) is 17.5 Å². The van der Waals surface area contributed by atoms with Crippen LogP contribution in [0.2, 0.25) is 0 Å². The first kappa shape index (κ1) is 19.0. The second-order valence-corrected chi connectivity index (χ2v) is 7.09. The van der Waals surface area contributed by atoms with Gasteiger partial charge in [0, 0.05) is 50.2 Å². The van der Waals surface area contributed by atoms with Crippen molar-refractivity contribution in [2.45, 2.75) is 13.5 Å². The smallest absolute Gasteiger partial charge is 0.246 e. The molecule has 1 amide bonds. The van der Waals surface area contributed by atoms with Gasteiger partial charge in [-0.15, -0.1) is 0 Å². The number of hydrogen-bond acceptors (Lipinski definition) is 6. The van der Waals surface area contributed by atoms with Crippen LogP contribution in [0.15, 0.2) is 59.4 Å². The monoisotopic (exact) mass is 389 g/mol. The lowest BCUT2D eigenvalue weighted by Gasteiger charge is -2.33. The molecular formula is C22H23N5O2. The molecule has 0 unspecified atom stereocenters. The lowest BCUT2D eigenvalue weighted by atomic mass is 10.1. The quantitative estimate of drug-likeness (QED) is 0.625. The molecule has 0 spiro atoms. The molecule has 1 aromatic carbocycles. The number of aryl methyl sites for hydroxylation is 1. The van der Waals surface area contributed by atoms with Crippen LogP contribution < -0.4 is 0 Å². The molecule has 0 bridgehead atoms. The Bertz CT molecular complexity index is 974. The van der Waals surface area contributed by atoms with Crippen molar-refractivity contribution < 1.29 is 9.32 Å². The van der Waals surface area contributed by atoms with E-state index in [1.807, 2.05) is 54.3 Å². The SMILES string of the molecule is Cc1ccc(-c2noc(CN3CCN(C(=O)/C=C/c4ccncc4)CC3)n2)cc1. The summed E-state index contributed by atoms with van der Waals surface area (Å²) in [6, 6.07) is 11.8. The van der Waals surface area contributed by atoms with Gasteiger partial charge in [-0.25, -0.2) is 0 Å². The molecule has 0 radical (unpaired) electrons. The summed E-state index contributed by atoms with van der Waals surface area (Å²) in [6.45, 7) is 5.55. The molecule has 3 aromatic rings. The highest BCUT2D eigenvalue weighted by molar-refractivity contribution is 5.91. The van der Waals surface area contributed by atoms with Crippen molar-refractivity contribution in [2.24, 2.45) is 0 Å². The fourth-order valence-electron chi connectivity index (χ4n) is 3.20. The number of piperazine rings is 1. The van der Waals surface area contributed by atoms with Gasteiger partial charge in [0.05, 0.1) is 6.54 Å². The lowest BCUT2D eigenvalue weighted by Crippen LogP contribution is -2.47. The maximum Gasteiger partial charge on any atom is 0.246 e. The van der Waals surface area contributed by atoms with Crippen LogP contribution in [0.4, 0.5) is 0 Å². The third-order valence-corrected chi connectivity index (χ3v) is 4.95. The van der Waals surface area contributed by atoms with Gasteiger partial charge in [-0.2, -0.15) is 4.98 Å². The van der Waals surface area contributed by atoms with Crippen molar-refractivity contribution in [3.05, 3.63) is 71.9 Å². The van der Waals surface area contributed by atoms with Crippen molar-refractivity contribution in [1.29, 1.82) is 0 Å². The average molecular weight is 389 g/mol. The molecule has 29 heavy (non-hydrogen) atoms. The van der Waals surface area contributed by atoms with Crippen molar-refractivity contribution in [3.63, 3.8) is 0 Å². The highest BCUT2D eigenvalue weighted by Gasteiger charge is 2.21. The number of benzene rings is 1. The minimum Gasteiger partial charge on any atom is -0.338 e. The van der Waals surface area contributed by atoms with Crippen LogP contribution in [-0.4, -0.2) is 57.0 Å². The minimum atomic E-state index is 0.0286.